The minimum atomic E-state index is -0.529. The van der Waals surface area contributed by atoms with Gasteiger partial charge in [0, 0.05) is 30.8 Å². The van der Waals surface area contributed by atoms with Gasteiger partial charge >= 0.3 is 6.03 Å². The summed E-state index contributed by atoms with van der Waals surface area (Å²) in [5, 5.41) is 14.5. The quantitative estimate of drug-likeness (QED) is 0.638. The number of rotatable bonds is 4. The molecule has 2 aromatic heterocycles. The second kappa shape index (κ2) is 7.76. The lowest BCUT2D eigenvalue weighted by Gasteiger charge is -2.31. The number of urea groups is 1. The minimum absolute atomic E-state index is 0.126. The molecule has 1 aromatic carbocycles. The van der Waals surface area contributed by atoms with Crippen molar-refractivity contribution in [3.05, 3.63) is 48.4 Å². The molecule has 8 heteroatoms. The van der Waals surface area contributed by atoms with E-state index in [1.807, 2.05) is 60.8 Å². The third-order valence-electron chi connectivity index (χ3n) is 5.98. The van der Waals surface area contributed by atoms with Crippen molar-refractivity contribution in [2.45, 2.75) is 57.8 Å². The van der Waals surface area contributed by atoms with Crippen LogP contribution >= 0.6 is 0 Å². The van der Waals surface area contributed by atoms with Gasteiger partial charge in [0.15, 0.2) is 23.0 Å². The molecule has 1 saturated carbocycles. The van der Waals surface area contributed by atoms with E-state index in [9.17, 15) is 4.79 Å². The van der Waals surface area contributed by atoms with Gasteiger partial charge in [0.25, 0.3) is 5.79 Å². The van der Waals surface area contributed by atoms with E-state index in [0.29, 0.717) is 17.3 Å². The highest BCUT2D eigenvalue weighted by Gasteiger charge is 2.42. The summed E-state index contributed by atoms with van der Waals surface area (Å²) in [6.07, 6.45) is 7.13. The first-order chi connectivity index (χ1) is 15.0. The maximum atomic E-state index is 12.8. The van der Waals surface area contributed by atoms with Crippen molar-refractivity contribution < 1.29 is 14.3 Å². The highest BCUT2D eigenvalue weighted by atomic mass is 16.7. The second-order valence-electron chi connectivity index (χ2n) is 8.64. The third kappa shape index (κ3) is 3.78. The molecular weight excluding hydrogens is 394 g/mol. The number of aromatic nitrogens is 3. The molecule has 31 heavy (non-hydrogen) atoms. The van der Waals surface area contributed by atoms with Gasteiger partial charge in [-0.15, -0.1) is 10.2 Å². The highest BCUT2D eigenvalue weighted by Crippen LogP contribution is 2.46. The fourth-order valence-electron chi connectivity index (χ4n) is 4.38. The number of amides is 2. The van der Waals surface area contributed by atoms with Crippen LogP contribution in [-0.2, 0) is 0 Å². The van der Waals surface area contributed by atoms with Crippen LogP contribution in [0.3, 0.4) is 0 Å². The molecule has 5 rings (SSSR count). The Morgan fingerprint density at radius 1 is 1.06 bits per heavy atom. The van der Waals surface area contributed by atoms with Crippen molar-refractivity contribution in [1.82, 2.24) is 19.9 Å². The zero-order valence-electron chi connectivity index (χ0n) is 17.8. The highest BCUT2D eigenvalue weighted by molar-refractivity contribution is 5.90. The standard InChI is InChI=1S/C23H27N5O3/c1-15(2)20(21-27-26-19-8-4-7-13-28(19)21)25-22(29)24-16-9-10-17-18(14-16)31-23(30-17)11-5-3-6-12-23/h4,7-10,13-15,20H,3,5-6,11-12H2,1-2H3,(H2,24,25,29). The smallest absolute Gasteiger partial charge is 0.319 e. The largest absolute Gasteiger partial charge is 0.448 e. The molecule has 2 N–H and O–H groups in total. The van der Waals surface area contributed by atoms with Crippen LogP contribution in [-0.4, -0.2) is 26.4 Å². The summed E-state index contributed by atoms with van der Waals surface area (Å²) in [6.45, 7) is 4.08. The number of anilines is 1. The van der Waals surface area contributed by atoms with E-state index >= 15 is 0 Å². The normalized spacial score (nSPS) is 17.8. The van der Waals surface area contributed by atoms with Crippen LogP contribution < -0.4 is 20.1 Å². The van der Waals surface area contributed by atoms with E-state index in [4.69, 9.17) is 9.47 Å². The summed E-state index contributed by atoms with van der Waals surface area (Å²) in [4.78, 5) is 12.8. The number of nitrogens with zero attached hydrogens (tertiary/aromatic N) is 3. The lowest BCUT2D eigenvalue weighted by Crippen LogP contribution is -2.40. The van der Waals surface area contributed by atoms with E-state index in [2.05, 4.69) is 20.8 Å². The minimum Gasteiger partial charge on any atom is -0.448 e. The van der Waals surface area contributed by atoms with Crippen molar-refractivity contribution in [3.8, 4) is 11.5 Å². The van der Waals surface area contributed by atoms with E-state index < -0.39 is 5.79 Å². The third-order valence-corrected chi connectivity index (χ3v) is 5.98. The Morgan fingerprint density at radius 3 is 2.68 bits per heavy atom. The Labute approximate surface area is 181 Å². The summed E-state index contributed by atoms with van der Waals surface area (Å²) in [6, 6.07) is 10.6. The number of hydrogen-bond donors (Lipinski definition) is 2. The molecular formula is C23H27N5O3. The molecule has 1 atom stereocenters. The molecule has 8 nitrogen and oxygen atoms in total. The van der Waals surface area contributed by atoms with Crippen LogP contribution in [0.25, 0.3) is 5.65 Å². The molecule has 0 radical (unpaired) electrons. The molecule has 0 bridgehead atoms. The summed E-state index contributed by atoms with van der Waals surface area (Å²) in [5.41, 5.74) is 1.40. The first-order valence-corrected chi connectivity index (χ1v) is 10.9. The van der Waals surface area contributed by atoms with Crippen LogP contribution in [0, 0.1) is 5.92 Å². The first kappa shape index (κ1) is 19.7. The Kier molecular flexibility index (Phi) is 4.92. The van der Waals surface area contributed by atoms with Crippen LogP contribution in [0.1, 0.15) is 57.8 Å². The maximum absolute atomic E-state index is 12.8. The monoisotopic (exact) mass is 421 g/mol. The first-order valence-electron chi connectivity index (χ1n) is 10.9. The van der Waals surface area contributed by atoms with Crippen molar-refractivity contribution in [2.75, 3.05) is 5.32 Å². The van der Waals surface area contributed by atoms with Gasteiger partial charge in [0.05, 0.1) is 6.04 Å². The van der Waals surface area contributed by atoms with Crippen LogP contribution in [0.4, 0.5) is 10.5 Å². The maximum Gasteiger partial charge on any atom is 0.319 e. The summed E-state index contributed by atoms with van der Waals surface area (Å²) < 4.78 is 14.2. The number of carbonyl (C=O) groups is 1. The summed E-state index contributed by atoms with van der Waals surface area (Å²) >= 11 is 0. The topological polar surface area (TPSA) is 89.8 Å². The van der Waals surface area contributed by atoms with E-state index in [0.717, 1.165) is 37.1 Å². The van der Waals surface area contributed by atoms with E-state index in [1.54, 1.807) is 0 Å². The molecule has 162 valence electrons. The Balaban J connectivity index is 1.30. The lowest BCUT2D eigenvalue weighted by atomic mass is 9.94. The van der Waals surface area contributed by atoms with Gasteiger partial charge in [0.2, 0.25) is 0 Å². The second-order valence-corrected chi connectivity index (χ2v) is 8.64. The molecule has 1 spiro atoms. The van der Waals surface area contributed by atoms with Gasteiger partial charge in [-0.05, 0) is 43.0 Å². The van der Waals surface area contributed by atoms with Crippen LogP contribution in [0.5, 0.6) is 11.5 Å². The average Bonchev–Trinajstić information content (AvgIpc) is 3.33. The van der Waals surface area contributed by atoms with Gasteiger partial charge in [-0.3, -0.25) is 4.40 Å². The number of hydrogen-bond acceptors (Lipinski definition) is 5. The van der Waals surface area contributed by atoms with Gasteiger partial charge in [0.1, 0.15) is 0 Å². The van der Waals surface area contributed by atoms with Gasteiger partial charge in [-0.2, -0.15) is 0 Å². The molecule has 3 heterocycles. The molecule has 1 fully saturated rings. The van der Waals surface area contributed by atoms with Crippen LogP contribution in [0.15, 0.2) is 42.6 Å². The molecule has 3 aromatic rings. The molecule has 1 aliphatic carbocycles. The van der Waals surface area contributed by atoms with Gasteiger partial charge in [-0.1, -0.05) is 26.3 Å². The number of nitrogens with one attached hydrogen (secondary N) is 2. The summed E-state index contributed by atoms with van der Waals surface area (Å²) in [7, 11) is 0. The van der Waals surface area contributed by atoms with Gasteiger partial charge in [-0.25, -0.2) is 4.79 Å². The fraction of sp³-hybridized carbons (Fsp3) is 0.435. The fourth-order valence-corrected chi connectivity index (χ4v) is 4.38. The van der Waals surface area contributed by atoms with Crippen molar-refractivity contribution >= 4 is 17.4 Å². The van der Waals surface area contributed by atoms with Crippen LogP contribution in [0.2, 0.25) is 0 Å². The van der Waals surface area contributed by atoms with Gasteiger partial charge < -0.3 is 20.1 Å². The lowest BCUT2D eigenvalue weighted by molar-refractivity contribution is -0.105. The molecule has 2 amide bonds. The summed E-state index contributed by atoms with van der Waals surface area (Å²) in [5.74, 6) is 1.72. The van der Waals surface area contributed by atoms with Crippen molar-refractivity contribution in [2.24, 2.45) is 5.92 Å². The van der Waals surface area contributed by atoms with Crippen molar-refractivity contribution in [1.29, 1.82) is 0 Å². The average molecular weight is 422 g/mol. The number of carbonyl (C=O) groups excluding carboxylic acids is 1. The predicted molar refractivity (Wildman–Crippen MR) is 116 cm³/mol. The molecule has 0 saturated heterocycles. The van der Waals surface area contributed by atoms with E-state index in [1.165, 1.54) is 6.42 Å². The number of pyridine rings is 1. The Morgan fingerprint density at radius 2 is 1.87 bits per heavy atom. The zero-order chi connectivity index (χ0) is 21.4. The Bertz CT molecular complexity index is 1100. The van der Waals surface area contributed by atoms with Crippen molar-refractivity contribution in [3.63, 3.8) is 0 Å². The van der Waals surface area contributed by atoms with E-state index in [-0.39, 0.29) is 18.0 Å². The predicted octanol–water partition coefficient (Wildman–Crippen LogP) is 4.68. The molecule has 2 aliphatic rings. The number of benzene rings is 1. The SMILES string of the molecule is CC(C)C(NC(=O)Nc1ccc2c(c1)OC1(CCCCC1)O2)c1nnc2ccccn12. The number of ether oxygens (including phenoxy) is 2. The molecule has 1 aliphatic heterocycles. The Hall–Kier alpha value is -3.29. The molecule has 1 unspecified atom stereocenters. The number of fused-ring (bicyclic) bond motifs is 2. The zero-order valence-corrected chi connectivity index (χ0v) is 17.8.